The summed E-state index contributed by atoms with van der Waals surface area (Å²) >= 11 is 6.08. The van der Waals surface area contributed by atoms with Crippen LogP contribution < -0.4 is 0 Å². The van der Waals surface area contributed by atoms with Gasteiger partial charge >= 0.3 is 0 Å². The number of carbonyl (C=O) groups is 2. The maximum Gasteiger partial charge on any atom is 0.237 e. The molecule has 1 fully saturated rings. The van der Waals surface area contributed by atoms with E-state index in [0.717, 1.165) is 29.4 Å². The fourth-order valence-corrected chi connectivity index (χ4v) is 4.32. The molecule has 2 atom stereocenters. The Morgan fingerprint density at radius 2 is 1.93 bits per heavy atom. The van der Waals surface area contributed by atoms with Crippen molar-refractivity contribution in [1.82, 2.24) is 14.5 Å². The standard InChI is InChI=1S/C23H24ClN3O2/c1-2-3-14-26-21(28)13-12-18(22(26)16-8-10-17(24)11-9-16)23(29)27-15-25-19-6-4-5-7-20(19)27/h4-11,15,18,22H,2-3,12-14H2,1H3. The first-order valence-corrected chi connectivity index (χ1v) is 10.5. The number of carbonyl (C=O) groups excluding carboxylic acids is 2. The summed E-state index contributed by atoms with van der Waals surface area (Å²) in [5.74, 6) is -0.242. The van der Waals surface area contributed by atoms with Gasteiger partial charge in [-0.15, -0.1) is 0 Å². The summed E-state index contributed by atoms with van der Waals surface area (Å²) < 4.78 is 1.64. The van der Waals surface area contributed by atoms with Crippen molar-refractivity contribution in [1.29, 1.82) is 0 Å². The Balaban J connectivity index is 1.75. The van der Waals surface area contributed by atoms with Crippen molar-refractivity contribution in [3.8, 4) is 0 Å². The minimum Gasteiger partial charge on any atom is -0.335 e. The van der Waals surface area contributed by atoms with Crippen LogP contribution in [-0.2, 0) is 4.79 Å². The average Bonchev–Trinajstić information content (AvgIpc) is 3.17. The maximum atomic E-state index is 13.6. The molecule has 1 amide bonds. The normalized spacial score (nSPS) is 19.7. The van der Waals surface area contributed by atoms with Crippen LogP contribution in [0.5, 0.6) is 0 Å². The SMILES string of the molecule is CCCCN1C(=O)CCC(C(=O)n2cnc3ccccc32)C1c1ccc(Cl)cc1. The van der Waals surface area contributed by atoms with Crippen molar-refractivity contribution in [2.45, 2.75) is 38.6 Å². The second-order valence-electron chi connectivity index (χ2n) is 7.52. The molecular weight excluding hydrogens is 386 g/mol. The molecule has 2 aromatic carbocycles. The van der Waals surface area contributed by atoms with E-state index in [-0.39, 0.29) is 23.8 Å². The largest absolute Gasteiger partial charge is 0.335 e. The Labute approximate surface area is 175 Å². The van der Waals surface area contributed by atoms with Gasteiger partial charge in [-0.3, -0.25) is 14.2 Å². The van der Waals surface area contributed by atoms with Gasteiger partial charge in [0.1, 0.15) is 6.33 Å². The Morgan fingerprint density at radius 1 is 1.17 bits per heavy atom. The van der Waals surface area contributed by atoms with Crippen molar-refractivity contribution in [3.05, 3.63) is 65.4 Å². The number of imidazole rings is 1. The highest BCUT2D eigenvalue weighted by atomic mass is 35.5. The van der Waals surface area contributed by atoms with E-state index in [1.807, 2.05) is 53.4 Å². The summed E-state index contributed by atoms with van der Waals surface area (Å²) in [5.41, 5.74) is 2.53. The number of likely N-dealkylation sites (tertiary alicyclic amines) is 1. The van der Waals surface area contributed by atoms with Crippen molar-refractivity contribution in [2.24, 2.45) is 5.92 Å². The van der Waals surface area contributed by atoms with Gasteiger partial charge in [-0.05, 0) is 42.7 Å². The molecule has 5 nitrogen and oxygen atoms in total. The number of amides is 1. The second kappa shape index (κ2) is 8.37. The van der Waals surface area contributed by atoms with Crippen LogP contribution in [0.25, 0.3) is 11.0 Å². The molecule has 29 heavy (non-hydrogen) atoms. The quantitative estimate of drug-likeness (QED) is 0.588. The Morgan fingerprint density at radius 3 is 2.69 bits per heavy atom. The lowest BCUT2D eigenvalue weighted by atomic mass is 9.83. The topological polar surface area (TPSA) is 55.2 Å². The van der Waals surface area contributed by atoms with Gasteiger partial charge in [-0.2, -0.15) is 0 Å². The highest BCUT2D eigenvalue weighted by Crippen LogP contribution is 2.38. The molecule has 1 saturated heterocycles. The van der Waals surface area contributed by atoms with E-state index in [4.69, 9.17) is 11.6 Å². The van der Waals surface area contributed by atoms with Crippen molar-refractivity contribution in [2.75, 3.05) is 6.54 Å². The molecule has 1 aliphatic rings. The summed E-state index contributed by atoms with van der Waals surface area (Å²) in [6.45, 7) is 2.75. The Bertz CT molecular complexity index is 1030. The van der Waals surface area contributed by atoms with E-state index in [9.17, 15) is 9.59 Å². The first-order chi connectivity index (χ1) is 14.1. The highest BCUT2D eigenvalue weighted by molar-refractivity contribution is 6.30. The third-order valence-corrected chi connectivity index (χ3v) is 5.93. The monoisotopic (exact) mass is 409 g/mol. The predicted molar refractivity (Wildman–Crippen MR) is 114 cm³/mol. The van der Waals surface area contributed by atoms with Crippen LogP contribution in [0.15, 0.2) is 54.9 Å². The van der Waals surface area contributed by atoms with Crippen molar-refractivity contribution in [3.63, 3.8) is 0 Å². The molecule has 4 rings (SSSR count). The first-order valence-electron chi connectivity index (χ1n) is 10.1. The van der Waals surface area contributed by atoms with Crippen LogP contribution in [0.3, 0.4) is 0 Å². The lowest BCUT2D eigenvalue weighted by Gasteiger charge is -2.41. The van der Waals surface area contributed by atoms with Crippen molar-refractivity contribution >= 4 is 34.4 Å². The van der Waals surface area contributed by atoms with Crippen LogP contribution >= 0.6 is 11.6 Å². The minimum absolute atomic E-state index is 0.0207. The van der Waals surface area contributed by atoms with Crippen LogP contribution in [0.4, 0.5) is 0 Å². The average molecular weight is 410 g/mol. The summed E-state index contributed by atoms with van der Waals surface area (Å²) in [4.78, 5) is 32.7. The van der Waals surface area contributed by atoms with Gasteiger partial charge in [-0.1, -0.05) is 49.2 Å². The zero-order chi connectivity index (χ0) is 20.4. The number of para-hydroxylation sites is 2. The number of halogens is 1. The molecule has 0 saturated carbocycles. The summed E-state index contributed by atoms with van der Waals surface area (Å²) in [5, 5.41) is 0.638. The van der Waals surface area contributed by atoms with Crippen LogP contribution in [0.1, 0.15) is 49.0 Å². The third-order valence-electron chi connectivity index (χ3n) is 5.68. The van der Waals surface area contributed by atoms with Gasteiger partial charge in [0, 0.05) is 18.0 Å². The van der Waals surface area contributed by atoms with E-state index in [2.05, 4.69) is 11.9 Å². The lowest BCUT2D eigenvalue weighted by molar-refractivity contribution is -0.138. The molecule has 150 valence electrons. The first kappa shape index (κ1) is 19.6. The van der Waals surface area contributed by atoms with Gasteiger partial charge in [0.25, 0.3) is 0 Å². The molecule has 2 heterocycles. The fourth-order valence-electron chi connectivity index (χ4n) is 4.19. The van der Waals surface area contributed by atoms with Gasteiger partial charge < -0.3 is 4.90 Å². The Kier molecular flexibility index (Phi) is 5.67. The molecular formula is C23H24ClN3O2. The van der Waals surface area contributed by atoms with E-state index in [0.29, 0.717) is 24.4 Å². The molecule has 0 bridgehead atoms. The third kappa shape index (κ3) is 3.79. The minimum atomic E-state index is -0.330. The van der Waals surface area contributed by atoms with Crippen LogP contribution in [0, 0.1) is 5.92 Å². The number of hydrogen-bond donors (Lipinski definition) is 0. The summed E-state index contributed by atoms with van der Waals surface area (Å²) in [6.07, 6.45) is 4.41. The zero-order valence-corrected chi connectivity index (χ0v) is 17.2. The van der Waals surface area contributed by atoms with E-state index in [1.54, 1.807) is 10.9 Å². The van der Waals surface area contributed by atoms with Crippen molar-refractivity contribution < 1.29 is 9.59 Å². The highest BCUT2D eigenvalue weighted by Gasteiger charge is 2.41. The fraction of sp³-hybridized carbons (Fsp3) is 0.348. The number of nitrogens with zero attached hydrogens (tertiary/aromatic N) is 3. The predicted octanol–water partition coefficient (Wildman–Crippen LogP) is 5.11. The lowest BCUT2D eigenvalue weighted by Crippen LogP contribution is -2.46. The number of fused-ring (bicyclic) bond motifs is 1. The van der Waals surface area contributed by atoms with Gasteiger partial charge in [0.15, 0.2) is 0 Å². The van der Waals surface area contributed by atoms with E-state index in [1.165, 1.54) is 0 Å². The molecule has 6 heteroatoms. The van der Waals surface area contributed by atoms with E-state index < -0.39 is 0 Å². The molecule has 0 radical (unpaired) electrons. The number of rotatable bonds is 5. The van der Waals surface area contributed by atoms with Gasteiger partial charge in [0.05, 0.1) is 23.0 Å². The molecule has 0 spiro atoms. The van der Waals surface area contributed by atoms with Gasteiger partial charge in [-0.25, -0.2) is 4.98 Å². The molecule has 2 unspecified atom stereocenters. The van der Waals surface area contributed by atoms with Crippen LogP contribution in [-0.4, -0.2) is 32.8 Å². The van der Waals surface area contributed by atoms with E-state index >= 15 is 0 Å². The smallest absolute Gasteiger partial charge is 0.237 e. The summed E-state index contributed by atoms with van der Waals surface area (Å²) in [7, 11) is 0. The molecule has 1 aliphatic heterocycles. The number of hydrogen-bond acceptors (Lipinski definition) is 3. The molecule has 0 aliphatic carbocycles. The second-order valence-corrected chi connectivity index (χ2v) is 7.96. The van der Waals surface area contributed by atoms with Crippen LogP contribution in [0.2, 0.25) is 5.02 Å². The Hall–Kier alpha value is -2.66. The number of piperidine rings is 1. The molecule has 0 N–H and O–H groups in total. The van der Waals surface area contributed by atoms with Gasteiger partial charge in [0.2, 0.25) is 11.8 Å². The zero-order valence-electron chi connectivity index (χ0n) is 16.4. The molecule has 3 aromatic rings. The number of aromatic nitrogens is 2. The molecule has 1 aromatic heterocycles. The number of unbranched alkanes of at least 4 members (excludes halogenated alkanes) is 1. The maximum absolute atomic E-state index is 13.6. The summed E-state index contributed by atoms with van der Waals surface area (Å²) in [6, 6.07) is 14.8. The number of benzene rings is 2.